The van der Waals surface area contributed by atoms with Crippen LogP contribution >= 0.6 is 11.6 Å². The minimum Gasteiger partial charge on any atom is -0.496 e. The number of oxazole rings is 1. The first-order valence-corrected chi connectivity index (χ1v) is 13.9. The number of ether oxygens (including phenoxy) is 3. The first-order chi connectivity index (χ1) is 20.1. The summed E-state index contributed by atoms with van der Waals surface area (Å²) in [6, 6.07) is 20.3. The Hall–Kier alpha value is -4.34. The average Bonchev–Trinajstić information content (AvgIpc) is 3.44. The lowest BCUT2D eigenvalue weighted by molar-refractivity contribution is 0.224. The molecule has 0 spiro atoms. The molecule has 0 saturated carbocycles. The molecule has 0 amide bonds. The third-order valence-electron chi connectivity index (χ3n) is 6.91. The molecule has 41 heavy (non-hydrogen) atoms. The number of hydrogen-bond acceptors (Lipinski definition) is 9. The molecule has 0 unspecified atom stereocenters. The topological polar surface area (TPSA) is 86.0 Å². The van der Waals surface area contributed by atoms with Gasteiger partial charge in [-0.2, -0.15) is 0 Å². The second-order valence-corrected chi connectivity index (χ2v) is 10.1. The number of hydrogen-bond donors (Lipinski definition) is 0. The van der Waals surface area contributed by atoms with E-state index < -0.39 is 0 Å². The van der Waals surface area contributed by atoms with Gasteiger partial charge in [0.15, 0.2) is 5.58 Å². The fourth-order valence-corrected chi connectivity index (χ4v) is 4.89. The maximum atomic E-state index is 6.09. The number of rotatable bonds is 10. The van der Waals surface area contributed by atoms with Crippen LogP contribution in [0.1, 0.15) is 6.42 Å². The first kappa shape index (κ1) is 26.9. The zero-order chi connectivity index (χ0) is 28.0. The molecular formula is C31H30ClN5O4. The van der Waals surface area contributed by atoms with E-state index in [0.717, 1.165) is 61.9 Å². The van der Waals surface area contributed by atoms with E-state index in [2.05, 4.69) is 24.8 Å². The summed E-state index contributed by atoms with van der Waals surface area (Å²) in [5.74, 6) is 3.97. The third kappa shape index (κ3) is 6.53. The highest BCUT2D eigenvalue weighted by molar-refractivity contribution is 6.30. The van der Waals surface area contributed by atoms with Gasteiger partial charge in [0.2, 0.25) is 11.8 Å². The number of aromatic nitrogens is 3. The number of piperazine rings is 1. The Morgan fingerprint density at radius 3 is 2.41 bits per heavy atom. The van der Waals surface area contributed by atoms with E-state index in [1.54, 1.807) is 31.6 Å². The number of fused-ring (bicyclic) bond motifs is 1. The molecule has 0 aliphatic carbocycles. The molecule has 9 nitrogen and oxygen atoms in total. The van der Waals surface area contributed by atoms with Gasteiger partial charge in [-0.3, -0.25) is 4.90 Å². The van der Waals surface area contributed by atoms with Gasteiger partial charge in [0.25, 0.3) is 0 Å². The lowest BCUT2D eigenvalue weighted by Gasteiger charge is -2.34. The Bertz CT molecular complexity index is 1590. The van der Waals surface area contributed by atoms with Crippen LogP contribution in [0, 0.1) is 0 Å². The molecule has 3 aromatic carbocycles. The lowest BCUT2D eigenvalue weighted by Crippen LogP contribution is -2.47. The highest BCUT2D eigenvalue weighted by Gasteiger charge is 2.19. The van der Waals surface area contributed by atoms with Crippen LogP contribution in [-0.2, 0) is 0 Å². The Morgan fingerprint density at radius 2 is 1.63 bits per heavy atom. The van der Waals surface area contributed by atoms with Crippen LogP contribution in [0.25, 0.3) is 22.6 Å². The summed E-state index contributed by atoms with van der Waals surface area (Å²) < 4.78 is 23.7. The van der Waals surface area contributed by atoms with E-state index in [-0.39, 0.29) is 0 Å². The summed E-state index contributed by atoms with van der Waals surface area (Å²) in [4.78, 5) is 18.0. The monoisotopic (exact) mass is 571 g/mol. The standard InChI is InChI=1S/C31H30ClN5O4/c1-38-28-20-24(39-19-3-14-36-15-17-37(18-16-36)31-33-12-2-13-34-31)8-10-26(28)30-35-27-11-9-25(21-29(27)41-30)40-23-6-4-22(32)5-7-23/h2,4-13,20-21H,3,14-19H2,1H3. The van der Waals surface area contributed by atoms with E-state index in [0.29, 0.717) is 40.4 Å². The van der Waals surface area contributed by atoms with Gasteiger partial charge in [0.05, 0.1) is 19.3 Å². The lowest BCUT2D eigenvalue weighted by atomic mass is 10.2. The molecule has 10 heteroatoms. The number of nitrogens with zero attached hydrogens (tertiary/aromatic N) is 5. The third-order valence-corrected chi connectivity index (χ3v) is 7.16. The van der Waals surface area contributed by atoms with Gasteiger partial charge >= 0.3 is 0 Å². The fraction of sp³-hybridized carbons (Fsp3) is 0.258. The second kappa shape index (κ2) is 12.4. The molecule has 1 fully saturated rings. The van der Waals surface area contributed by atoms with Crippen molar-refractivity contribution >= 4 is 28.6 Å². The van der Waals surface area contributed by atoms with Crippen molar-refractivity contribution in [2.75, 3.05) is 51.3 Å². The molecule has 1 saturated heterocycles. The molecule has 2 aromatic heterocycles. The van der Waals surface area contributed by atoms with Crippen LogP contribution in [-0.4, -0.2) is 66.3 Å². The van der Waals surface area contributed by atoms with Crippen molar-refractivity contribution in [3.05, 3.63) is 84.1 Å². The predicted octanol–water partition coefficient (Wildman–Crippen LogP) is 6.33. The summed E-state index contributed by atoms with van der Waals surface area (Å²) in [6.45, 7) is 5.42. The summed E-state index contributed by atoms with van der Waals surface area (Å²) in [5, 5.41) is 0.655. The van der Waals surface area contributed by atoms with Gasteiger partial charge in [0.1, 0.15) is 28.5 Å². The van der Waals surface area contributed by atoms with Crippen molar-refractivity contribution in [2.24, 2.45) is 0 Å². The molecule has 1 aliphatic rings. The summed E-state index contributed by atoms with van der Waals surface area (Å²) >= 11 is 5.97. The molecule has 0 radical (unpaired) electrons. The van der Waals surface area contributed by atoms with Crippen LogP contribution in [0.5, 0.6) is 23.0 Å². The number of methoxy groups -OCH3 is 1. The summed E-state index contributed by atoms with van der Waals surface area (Å²) in [7, 11) is 1.63. The van der Waals surface area contributed by atoms with Gasteiger partial charge in [0, 0.05) is 62.3 Å². The zero-order valence-corrected chi connectivity index (χ0v) is 23.5. The van der Waals surface area contributed by atoms with Crippen LogP contribution in [0.3, 0.4) is 0 Å². The largest absolute Gasteiger partial charge is 0.496 e. The van der Waals surface area contributed by atoms with E-state index in [1.165, 1.54) is 0 Å². The minimum absolute atomic E-state index is 0.465. The molecule has 5 aromatic rings. The van der Waals surface area contributed by atoms with E-state index in [1.807, 2.05) is 54.6 Å². The summed E-state index contributed by atoms with van der Waals surface area (Å²) in [5.41, 5.74) is 2.09. The number of halogens is 1. The quantitative estimate of drug-likeness (QED) is 0.178. The highest BCUT2D eigenvalue weighted by atomic mass is 35.5. The SMILES string of the molecule is COc1cc(OCCCN2CCN(c3ncccn3)CC2)ccc1-c1nc2ccc(Oc3ccc(Cl)cc3)cc2o1. The predicted molar refractivity (Wildman–Crippen MR) is 158 cm³/mol. The van der Waals surface area contributed by atoms with Crippen LogP contribution < -0.4 is 19.1 Å². The van der Waals surface area contributed by atoms with Crippen molar-refractivity contribution in [1.82, 2.24) is 19.9 Å². The highest BCUT2D eigenvalue weighted by Crippen LogP contribution is 2.36. The Kier molecular flexibility index (Phi) is 8.16. The Balaban J connectivity index is 1.03. The van der Waals surface area contributed by atoms with E-state index in [9.17, 15) is 0 Å². The minimum atomic E-state index is 0.465. The van der Waals surface area contributed by atoms with Crippen LogP contribution in [0.4, 0.5) is 5.95 Å². The van der Waals surface area contributed by atoms with Gasteiger partial charge in [-0.05, 0) is 61.0 Å². The van der Waals surface area contributed by atoms with Gasteiger partial charge < -0.3 is 23.5 Å². The van der Waals surface area contributed by atoms with E-state index >= 15 is 0 Å². The van der Waals surface area contributed by atoms with Crippen LogP contribution in [0.15, 0.2) is 83.5 Å². The van der Waals surface area contributed by atoms with Crippen molar-refractivity contribution in [1.29, 1.82) is 0 Å². The maximum Gasteiger partial charge on any atom is 0.231 e. The van der Waals surface area contributed by atoms with Crippen molar-refractivity contribution in [2.45, 2.75) is 6.42 Å². The molecule has 0 N–H and O–H groups in total. The van der Waals surface area contributed by atoms with Gasteiger partial charge in [-0.1, -0.05) is 11.6 Å². The molecule has 210 valence electrons. The number of benzene rings is 3. The zero-order valence-electron chi connectivity index (χ0n) is 22.7. The smallest absolute Gasteiger partial charge is 0.231 e. The van der Waals surface area contributed by atoms with Crippen molar-refractivity contribution in [3.63, 3.8) is 0 Å². The molecule has 0 atom stereocenters. The molecule has 1 aliphatic heterocycles. The summed E-state index contributed by atoms with van der Waals surface area (Å²) in [6.07, 6.45) is 4.50. The van der Waals surface area contributed by atoms with Crippen molar-refractivity contribution in [3.8, 4) is 34.5 Å². The van der Waals surface area contributed by atoms with Crippen LogP contribution in [0.2, 0.25) is 5.02 Å². The number of anilines is 1. The van der Waals surface area contributed by atoms with Gasteiger partial charge in [-0.25, -0.2) is 15.0 Å². The van der Waals surface area contributed by atoms with E-state index in [4.69, 9.17) is 30.2 Å². The molecular weight excluding hydrogens is 542 g/mol. The van der Waals surface area contributed by atoms with Gasteiger partial charge in [-0.15, -0.1) is 0 Å². The van der Waals surface area contributed by atoms with Crippen molar-refractivity contribution < 1.29 is 18.6 Å². The first-order valence-electron chi connectivity index (χ1n) is 13.5. The molecule has 6 rings (SSSR count). The normalized spacial score (nSPS) is 13.9. The average molecular weight is 572 g/mol. The molecule has 3 heterocycles. The Labute approximate surface area is 243 Å². The molecule has 0 bridgehead atoms. The Morgan fingerprint density at radius 1 is 0.878 bits per heavy atom. The second-order valence-electron chi connectivity index (χ2n) is 9.65. The fourth-order valence-electron chi connectivity index (χ4n) is 4.76. The maximum absolute atomic E-state index is 6.09.